The van der Waals surface area contributed by atoms with Gasteiger partial charge in [-0.2, -0.15) is 0 Å². The highest BCUT2D eigenvalue weighted by Crippen LogP contribution is 2.27. The van der Waals surface area contributed by atoms with Gasteiger partial charge in [0.25, 0.3) is 12.1 Å². The molecule has 1 aromatic carbocycles. The molecule has 0 heterocycles. The average Bonchev–Trinajstić information content (AvgIpc) is 2.15. The molecule has 0 aliphatic heterocycles. The normalized spacial score (nSPS) is 10.4. The van der Waals surface area contributed by atoms with Crippen LogP contribution in [0.4, 0.5) is 20.2 Å². The third-order valence-corrected chi connectivity index (χ3v) is 2.10. The molecule has 82 valence electrons. The number of hydrogen-bond acceptors (Lipinski definition) is 3. The van der Waals surface area contributed by atoms with Gasteiger partial charge in [0.2, 0.25) is 0 Å². The predicted molar refractivity (Wildman–Crippen MR) is 55.3 cm³/mol. The van der Waals surface area contributed by atoms with E-state index in [2.05, 4.69) is 21.2 Å². The molecule has 0 bridgehead atoms. The maximum atomic E-state index is 11.9. The van der Waals surface area contributed by atoms with Crippen LogP contribution >= 0.6 is 15.9 Å². The van der Waals surface area contributed by atoms with E-state index in [4.69, 9.17) is 0 Å². The topological polar surface area (TPSA) is 55.2 Å². The van der Waals surface area contributed by atoms with Crippen molar-refractivity contribution < 1.29 is 13.7 Å². The molecule has 0 aliphatic rings. The van der Waals surface area contributed by atoms with Crippen molar-refractivity contribution >= 4 is 27.3 Å². The number of nitro groups is 1. The Morgan fingerprint density at radius 3 is 2.73 bits per heavy atom. The Balaban J connectivity index is 2.91. The van der Waals surface area contributed by atoms with E-state index < -0.39 is 17.9 Å². The molecule has 1 N–H and O–H groups in total. The van der Waals surface area contributed by atoms with Crippen molar-refractivity contribution in [2.75, 3.05) is 11.9 Å². The van der Waals surface area contributed by atoms with E-state index in [9.17, 15) is 18.9 Å². The molecular weight excluding hydrogens is 274 g/mol. The van der Waals surface area contributed by atoms with Crippen LogP contribution in [0, 0.1) is 10.1 Å². The van der Waals surface area contributed by atoms with Gasteiger partial charge in [-0.3, -0.25) is 10.1 Å². The third-order valence-electron chi connectivity index (χ3n) is 1.60. The molecule has 0 amide bonds. The lowest BCUT2D eigenvalue weighted by molar-refractivity contribution is -0.384. The highest BCUT2D eigenvalue weighted by atomic mass is 79.9. The molecule has 15 heavy (non-hydrogen) atoms. The van der Waals surface area contributed by atoms with Gasteiger partial charge in [0.05, 0.1) is 11.5 Å². The first-order valence-corrected chi connectivity index (χ1v) is 4.76. The summed E-state index contributed by atoms with van der Waals surface area (Å²) in [5, 5.41) is 12.9. The number of nitro benzene ring substituents is 1. The molecule has 0 saturated carbocycles. The van der Waals surface area contributed by atoms with Crippen molar-refractivity contribution in [3.05, 3.63) is 32.8 Å². The van der Waals surface area contributed by atoms with Gasteiger partial charge in [-0.05, 0) is 12.1 Å². The molecule has 0 spiro atoms. The lowest BCUT2D eigenvalue weighted by Gasteiger charge is -2.06. The van der Waals surface area contributed by atoms with Crippen molar-refractivity contribution in [2.45, 2.75) is 6.43 Å². The molecule has 0 unspecified atom stereocenters. The summed E-state index contributed by atoms with van der Waals surface area (Å²) in [7, 11) is 0. The van der Waals surface area contributed by atoms with Crippen LogP contribution in [0.25, 0.3) is 0 Å². The zero-order chi connectivity index (χ0) is 11.4. The third kappa shape index (κ3) is 3.43. The van der Waals surface area contributed by atoms with Gasteiger partial charge in [0, 0.05) is 10.5 Å². The summed E-state index contributed by atoms with van der Waals surface area (Å²) in [6, 6.07) is 4.18. The van der Waals surface area contributed by atoms with Crippen LogP contribution in [0.3, 0.4) is 0 Å². The average molecular weight is 281 g/mol. The number of nitrogens with one attached hydrogen (secondary N) is 1. The Bertz CT molecular complexity index is 374. The second kappa shape index (κ2) is 5.01. The molecule has 7 heteroatoms. The fourth-order valence-corrected chi connectivity index (χ4v) is 1.34. The van der Waals surface area contributed by atoms with Crippen molar-refractivity contribution in [3.8, 4) is 0 Å². The number of nitrogens with zero attached hydrogens (tertiary/aromatic N) is 1. The molecule has 0 atom stereocenters. The quantitative estimate of drug-likeness (QED) is 0.681. The van der Waals surface area contributed by atoms with E-state index in [1.807, 2.05) is 0 Å². The van der Waals surface area contributed by atoms with Gasteiger partial charge < -0.3 is 5.32 Å². The summed E-state index contributed by atoms with van der Waals surface area (Å²) >= 11 is 3.06. The summed E-state index contributed by atoms with van der Waals surface area (Å²) in [6.45, 7) is -0.609. The molecule has 1 aromatic rings. The molecule has 0 aliphatic carbocycles. The fraction of sp³-hybridized carbons (Fsp3) is 0.250. The van der Waals surface area contributed by atoms with Crippen LogP contribution in [0.15, 0.2) is 22.7 Å². The first-order valence-electron chi connectivity index (χ1n) is 3.96. The van der Waals surface area contributed by atoms with Crippen LogP contribution in [-0.2, 0) is 0 Å². The van der Waals surface area contributed by atoms with E-state index in [1.54, 1.807) is 6.07 Å². The van der Waals surface area contributed by atoms with Crippen molar-refractivity contribution in [1.29, 1.82) is 0 Å². The number of anilines is 1. The van der Waals surface area contributed by atoms with Gasteiger partial charge in [-0.25, -0.2) is 8.78 Å². The van der Waals surface area contributed by atoms with Crippen LogP contribution < -0.4 is 5.32 Å². The van der Waals surface area contributed by atoms with Gasteiger partial charge in [0.1, 0.15) is 5.69 Å². The highest BCUT2D eigenvalue weighted by Gasteiger charge is 2.14. The summed E-state index contributed by atoms with van der Waals surface area (Å²) in [4.78, 5) is 9.95. The Kier molecular flexibility index (Phi) is 3.96. The summed E-state index contributed by atoms with van der Waals surface area (Å²) in [6.07, 6.45) is -2.55. The van der Waals surface area contributed by atoms with Gasteiger partial charge in [-0.1, -0.05) is 15.9 Å². The van der Waals surface area contributed by atoms with E-state index in [0.29, 0.717) is 4.47 Å². The number of hydrogen-bond donors (Lipinski definition) is 1. The molecule has 0 saturated heterocycles. The minimum absolute atomic E-state index is 0.0866. The molecule has 4 nitrogen and oxygen atoms in total. The maximum absolute atomic E-state index is 11.9. The lowest BCUT2D eigenvalue weighted by atomic mass is 10.2. The van der Waals surface area contributed by atoms with Crippen LogP contribution in [-0.4, -0.2) is 17.9 Å². The number of rotatable bonds is 4. The largest absolute Gasteiger partial charge is 0.374 e. The minimum Gasteiger partial charge on any atom is -0.374 e. The van der Waals surface area contributed by atoms with Gasteiger partial charge in [-0.15, -0.1) is 0 Å². The first-order chi connectivity index (χ1) is 7.00. The smallest absolute Gasteiger partial charge is 0.293 e. The van der Waals surface area contributed by atoms with Crippen molar-refractivity contribution in [3.63, 3.8) is 0 Å². The zero-order valence-corrected chi connectivity index (χ0v) is 9.00. The highest BCUT2D eigenvalue weighted by molar-refractivity contribution is 9.10. The number of alkyl halides is 2. The Labute approximate surface area is 92.6 Å². The molecule has 1 rings (SSSR count). The maximum Gasteiger partial charge on any atom is 0.293 e. The Morgan fingerprint density at radius 2 is 2.20 bits per heavy atom. The fourth-order valence-electron chi connectivity index (χ4n) is 0.992. The molecule has 0 radical (unpaired) electrons. The summed E-state index contributed by atoms with van der Waals surface area (Å²) in [5.41, 5.74) is -0.145. The van der Waals surface area contributed by atoms with Crippen molar-refractivity contribution in [2.24, 2.45) is 0 Å². The minimum atomic E-state index is -2.55. The summed E-state index contributed by atoms with van der Waals surface area (Å²) in [5.74, 6) is 0. The lowest BCUT2D eigenvalue weighted by Crippen LogP contribution is -2.11. The van der Waals surface area contributed by atoms with Crippen LogP contribution in [0.2, 0.25) is 0 Å². The SMILES string of the molecule is O=[N+]([O-])c1cc(Br)ccc1NCC(F)F. The monoisotopic (exact) mass is 280 g/mol. The second-order valence-corrected chi connectivity index (χ2v) is 3.61. The van der Waals surface area contributed by atoms with Crippen LogP contribution in [0.1, 0.15) is 0 Å². The van der Waals surface area contributed by atoms with E-state index in [1.165, 1.54) is 12.1 Å². The second-order valence-electron chi connectivity index (χ2n) is 2.69. The number of benzene rings is 1. The number of halogens is 3. The van der Waals surface area contributed by atoms with Crippen LogP contribution in [0.5, 0.6) is 0 Å². The zero-order valence-electron chi connectivity index (χ0n) is 7.41. The standard InChI is InChI=1S/C8H7BrF2N2O2/c9-5-1-2-6(12-4-8(10)11)7(3-5)13(14)15/h1-3,8,12H,4H2. The van der Waals surface area contributed by atoms with E-state index in [0.717, 1.165) is 0 Å². The first kappa shape index (κ1) is 11.8. The molecule has 0 fully saturated rings. The predicted octanol–water partition coefficient (Wildman–Crippen LogP) is 3.03. The molecular formula is C8H7BrF2N2O2. The van der Waals surface area contributed by atoms with E-state index in [-0.39, 0.29) is 11.4 Å². The Morgan fingerprint density at radius 1 is 1.53 bits per heavy atom. The van der Waals surface area contributed by atoms with Gasteiger partial charge >= 0.3 is 0 Å². The summed E-state index contributed by atoms with van der Waals surface area (Å²) < 4.78 is 24.3. The Hall–Kier alpha value is -1.24. The molecule has 0 aromatic heterocycles. The van der Waals surface area contributed by atoms with E-state index >= 15 is 0 Å². The van der Waals surface area contributed by atoms with Crippen molar-refractivity contribution in [1.82, 2.24) is 0 Å². The van der Waals surface area contributed by atoms with Gasteiger partial charge in [0.15, 0.2) is 0 Å².